The molecule has 0 bridgehead atoms. The van der Waals surface area contributed by atoms with Crippen molar-refractivity contribution >= 4 is 27.5 Å². The fourth-order valence-electron chi connectivity index (χ4n) is 1.10. The molecule has 0 spiro atoms. The zero-order chi connectivity index (χ0) is 12.4. The summed E-state index contributed by atoms with van der Waals surface area (Å²) in [4.78, 5) is 12.0. The predicted molar refractivity (Wildman–Crippen MR) is 65.4 cm³/mol. The Hall–Kier alpha value is -1.21. The van der Waals surface area contributed by atoms with Gasteiger partial charge in [-0.15, -0.1) is 0 Å². The summed E-state index contributed by atoms with van der Waals surface area (Å²) in [5.41, 5.74) is 0. The molecule has 90 valence electrons. The Labute approximate surface area is 111 Å². The highest BCUT2D eigenvalue weighted by Gasteiger charge is 2.10. The van der Waals surface area contributed by atoms with Crippen molar-refractivity contribution in [3.8, 4) is 12.0 Å². The van der Waals surface area contributed by atoms with E-state index in [1.807, 2.05) is 13.8 Å². The quantitative estimate of drug-likeness (QED) is 0.868. The lowest BCUT2D eigenvalue weighted by molar-refractivity contribution is 0.221. The minimum atomic E-state index is -0.0364. The van der Waals surface area contributed by atoms with Crippen LogP contribution in [0.5, 0.6) is 6.01 Å². The van der Waals surface area contributed by atoms with Gasteiger partial charge in [-0.1, -0.05) is 0 Å². The van der Waals surface area contributed by atoms with Crippen molar-refractivity contribution in [2.45, 2.75) is 20.0 Å². The summed E-state index contributed by atoms with van der Waals surface area (Å²) in [6.45, 7) is 3.75. The van der Waals surface area contributed by atoms with E-state index in [0.29, 0.717) is 5.95 Å². The van der Waals surface area contributed by atoms with E-state index < -0.39 is 0 Å². The third-order valence-electron chi connectivity index (χ3n) is 1.67. The highest BCUT2D eigenvalue weighted by atomic mass is 79.9. The zero-order valence-electron chi connectivity index (χ0n) is 9.13. The SMILES string of the molecule is CC(C)Oc1nc(Cl)nc(-n2cc(Br)cn2)n1. The van der Waals surface area contributed by atoms with Crippen molar-refractivity contribution in [2.75, 3.05) is 0 Å². The largest absolute Gasteiger partial charge is 0.461 e. The summed E-state index contributed by atoms with van der Waals surface area (Å²) in [6, 6.07) is 0.182. The average molecular weight is 319 g/mol. The van der Waals surface area contributed by atoms with E-state index in [4.69, 9.17) is 16.3 Å². The molecule has 2 heterocycles. The fourth-order valence-corrected chi connectivity index (χ4v) is 1.53. The first-order valence-electron chi connectivity index (χ1n) is 4.83. The summed E-state index contributed by atoms with van der Waals surface area (Å²) in [5, 5.41) is 4.12. The lowest BCUT2D eigenvalue weighted by Gasteiger charge is -2.08. The van der Waals surface area contributed by atoms with Crippen LogP contribution >= 0.6 is 27.5 Å². The Balaban J connectivity index is 2.37. The third kappa shape index (κ3) is 3.13. The van der Waals surface area contributed by atoms with E-state index in [0.717, 1.165) is 4.47 Å². The van der Waals surface area contributed by atoms with Crippen LogP contribution in [-0.2, 0) is 0 Å². The van der Waals surface area contributed by atoms with Gasteiger partial charge in [0.2, 0.25) is 5.28 Å². The third-order valence-corrected chi connectivity index (χ3v) is 2.25. The Morgan fingerprint density at radius 1 is 1.35 bits per heavy atom. The molecule has 17 heavy (non-hydrogen) atoms. The van der Waals surface area contributed by atoms with Gasteiger partial charge in [0.25, 0.3) is 5.95 Å². The van der Waals surface area contributed by atoms with E-state index in [2.05, 4.69) is 36.0 Å². The van der Waals surface area contributed by atoms with Gasteiger partial charge in [0.05, 0.1) is 16.8 Å². The van der Waals surface area contributed by atoms with Gasteiger partial charge in [-0.3, -0.25) is 0 Å². The summed E-state index contributed by atoms with van der Waals surface area (Å²) in [7, 11) is 0. The number of rotatable bonds is 3. The van der Waals surface area contributed by atoms with E-state index in [9.17, 15) is 0 Å². The molecule has 2 rings (SSSR count). The monoisotopic (exact) mass is 317 g/mol. The minimum absolute atomic E-state index is 0.0364. The lowest BCUT2D eigenvalue weighted by atomic mass is 10.5. The molecule has 6 nitrogen and oxygen atoms in total. The molecule has 0 N–H and O–H groups in total. The fraction of sp³-hybridized carbons (Fsp3) is 0.333. The summed E-state index contributed by atoms with van der Waals surface area (Å²) in [6.07, 6.45) is 3.30. The van der Waals surface area contributed by atoms with Crippen LogP contribution in [-0.4, -0.2) is 30.8 Å². The first-order valence-corrected chi connectivity index (χ1v) is 6.00. The van der Waals surface area contributed by atoms with Crippen molar-refractivity contribution in [3.05, 3.63) is 22.1 Å². The predicted octanol–water partition coefficient (Wildman–Crippen LogP) is 2.26. The van der Waals surface area contributed by atoms with Crippen LogP contribution in [0.4, 0.5) is 0 Å². The van der Waals surface area contributed by atoms with Gasteiger partial charge >= 0.3 is 6.01 Å². The molecule has 0 aromatic carbocycles. The first kappa shape index (κ1) is 12.3. The van der Waals surface area contributed by atoms with E-state index in [-0.39, 0.29) is 17.4 Å². The molecule has 0 atom stereocenters. The van der Waals surface area contributed by atoms with Crippen LogP contribution in [0.1, 0.15) is 13.8 Å². The number of ether oxygens (including phenoxy) is 1. The van der Waals surface area contributed by atoms with Crippen molar-refractivity contribution in [3.63, 3.8) is 0 Å². The molecule has 0 aliphatic rings. The smallest absolute Gasteiger partial charge is 0.322 e. The number of hydrogen-bond donors (Lipinski definition) is 0. The van der Waals surface area contributed by atoms with Gasteiger partial charge in [-0.2, -0.15) is 20.1 Å². The van der Waals surface area contributed by atoms with Gasteiger partial charge in [-0.25, -0.2) is 4.68 Å². The van der Waals surface area contributed by atoms with Crippen LogP contribution in [0.2, 0.25) is 5.28 Å². The average Bonchev–Trinajstić information content (AvgIpc) is 2.62. The minimum Gasteiger partial charge on any atom is -0.461 e. The molecule has 0 amide bonds. The molecule has 2 aromatic heterocycles. The van der Waals surface area contributed by atoms with Crippen molar-refractivity contribution in [1.82, 2.24) is 24.7 Å². The Morgan fingerprint density at radius 2 is 2.12 bits per heavy atom. The number of aromatic nitrogens is 5. The van der Waals surface area contributed by atoms with E-state index in [1.54, 1.807) is 12.4 Å². The molecule has 0 saturated carbocycles. The van der Waals surface area contributed by atoms with Gasteiger partial charge in [0.1, 0.15) is 0 Å². The second kappa shape index (κ2) is 4.97. The summed E-state index contributed by atoms with van der Waals surface area (Å²) in [5.74, 6) is 0.311. The van der Waals surface area contributed by atoms with Crippen molar-refractivity contribution < 1.29 is 4.74 Å². The standard InChI is InChI=1S/C9H9BrClN5O/c1-5(2)17-9-14-7(11)13-8(15-9)16-4-6(10)3-12-16/h3-5H,1-2H3. The molecule has 0 saturated heterocycles. The van der Waals surface area contributed by atoms with E-state index in [1.165, 1.54) is 4.68 Å². The second-order valence-electron chi connectivity index (χ2n) is 3.46. The van der Waals surface area contributed by atoms with Gasteiger partial charge in [-0.05, 0) is 41.4 Å². The van der Waals surface area contributed by atoms with Crippen LogP contribution in [0, 0.1) is 0 Å². The van der Waals surface area contributed by atoms with Crippen LogP contribution in [0.25, 0.3) is 5.95 Å². The van der Waals surface area contributed by atoms with Gasteiger partial charge in [0, 0.05) is 6.20 Å². The topological polar surface area (TPSA) is 65.7 Å². The summed E-state index contributed by atoms with van der Waals surface area (Å²) < 4.78 is 7.66. The van der Waals surface area contributed by atoms with E-state index >= 15 is 0 Å². The Kier molecular flexibility index (Phi) is 3.58. The maximum Gasteiger partial charge on any atom is 0.322 e. The maximum absolute atomic E-state index is 5.80. The number of nitrogens with zero attached hydrogens (tertiary/aromatic N) is 5. The van der Waals surface area contributed by atoms with Gasteiger partial charge < -0.3 is 4.74 Å². The van der Waals surface area contributed by atoms with Gasteiger partial charge in [0.15, 0.2) is 0 Å². The second-order valence-corrected chi connectivity index (χ2v) is 4.71. The number of halogens is 2. The molecular formula is C9H9BrClN5O. The lowest BCUT2D eigenvalue weighted by Crippen LogP contribution is -2.11. The maximum atomic E-state index is 5.80. The molecule has 0 unspecified atom stereocenters. The molecular weight excluding hydrogens is 309 g/mol. The highest BCUT2D eigenvalue weighted by molar-refractivity contribution is 9.10. The zero-order valence-corrected chi connectivity index (χ0v) is 11.5. The first-order chi connectivity index (χ1) is 8.04. The van der Waals surface area contributed by atoms with Crippen LogP contribution in [0.15, 0.2) is 16.9 Å². The molecule has 0 aliphatic heterocycles. The van der Waals surface area contributed by atoms with Crippen molar-refractivity contribution in [2.24, 2.45) is 0 Å². The molecule has 0 fully saturated rings. The molecule has 8 heteroatoms. The molecule has 0 aliphatic carbocycles. The normalized spacial score (nSPS) is 10.9. The van der Waals surface area contributed by atoms with Crippen LogP contribution < -0.4 is 4.74 Å². The van der Waals surface area contributed by atoms with Crippen molar-refractivity contribution in [1.29, 1.82) is 0 Å². The number of hydrogen-bond acceptors (Lipinski definition) is 5. The highest BCUT2D eigenvalue weighted by Crippen LogP contribution is 2.14. The Bertz CT molecular complexity index is 530. The molecule has 2 aromatic rings. The summed E-state index contributed by atoms with van der Waals surface area (Å²) >= 11 is 9.08. The molecule has 0 radical (unpaired) electrons. The Morgan fingerprint density at radius 3 is 2.71 bits per heavy atom. The van der Waals surface area contributed by atoms with Crippen LogP contribution in [0.3, 0.4) is 0 Å².